The molecule has 104 valence electrons. The molecule has 0 amide bonds. The molecular weight excluding hydrogens is 238 g/mol. The van der Waals surface area contributed by atoms with Gasteiger partial charge in [0.15, 0.2) is 0 Å². The van der Waals surface area contributed by atoms with E-state index in [0.29, 0.717) is 5.75 Å². The van der Waals surface area contributed by atoms with Crippen LogP contribution in [0.4, 0.5) is 0 Å². The smallest absolute Gasteiger partial charge is 0.115 e. The molecular formula is C16H23NO2. The third kappa shape index (κ3) is 3.37. The van der Waals surface area contributed by atoms with Crippen molar-refractivity contribution in [1.29, 1.82) is 0 Å². The van der Waals surface area contributed by atoms with Gasteiger partial charge in [0, 0.05) is 5.41 Å². The van der Waals surface area contributed by atoms with Gasteiger partial charge < -0.3 is 15.1 Å². The summed E-state index contributed by atoms with van der Waals surface area (Å²) < 4.78 is 0. The van der Waals surface area contributed by atoms with E-state index in [-0.39, 0.29) is 11.5 Å². The number of aliphatic hydroxyl groups is 1. The quantitative estimate of drug-likeness (QED) is 0.817. The van der Waals surface area contributed by atoms with E-state index in [1.165, 1.54) is 5.56 Å². The molecule has 2 N–H and O–H groups in total. The van der Waals surface area contributed by atoms with E-state index in [1.54, 1.807) is 12.1 Å². The van der Waals surface area contributed by atoms with Crippen molar-refractivity contribution in [1.82, 2.24) is 4.90 Å². The van der Waals surface area contributed by atoms with Gasteiger partial charge in [-0.05, 0) is 57.6 Å². The molecule has 19 heavy (non-hydrogen) atoms. The lowest BCUT2D eigenvalue weighted by Gasteiger charge is -2.36. The maximum Gasteiger partial charge on any atom is 0.115 e. The Morgan fingerprint density at radius 1 is 1.26 bits per heavy atom. The van der Waals surface area contributed by atoms with Crippen LogP contribution in [0.1, 0.15) is 24.8 Å². The first-order chi connectivity index (χ1) is 9.02. The van der Waals surface area contributed by atoms with Crippen LogP contribution in [0.25, 0.3) is 0 Å². The Hall–Kier alpha value is -1.32. The van der Waals surface area contributed by atoms with Crippen molar-refractivity contribution in [3.05, 3.63) is 42.0 Å². The third-order valence-corrected chi connectivity index (χ3v) is 3.97. The van der Waals surface area contributed by atoms with E-state index in [9.17, 15) is 10.2 Å². The van der Waals surface area contributed by atoms with E-state index in [0.717, 1.165) is 25.8 Å². The first-order valence-corrected chi connectivity index (χ1v) is 6.83. The molecule has 0 heterocycles. The maximum absolute atomic E-state index is 9.67. The Kier molecular flexibility index (Phi) is 4.27. The van der Waals surface area contributed by atoms with Gasteiger partial charge in [-0.15, -0.1) is 0 Å². The first-order valence-electron chi connectivity index (χ1n) is 6.83. The van der Waals surface area contributed by atoms with E-state index in [4.69, 9.17) is 0 Å². The number of nitrogens with zero attached hydrogens (tertiary/aromatic N) is 1. The molecule has 0 aromatic heterocycles. The summed E-state index contributed by atoms with van der Waals surface area (Å²) in [5.41, 5.74) is 1.20. The highest BCUT2D eigenvalue weighted by atomic mass is 16.3. The summed E-state index contributed by atoms with van der Waals surface area (Å²) in [6.45, 7) is 1.00. The van der Waals surface area contributed by atoms with Crippen LogP contribution in [0.2, 0.25) is 0 Å². The van der Waals surface area contributed by atoms with Crippen molar-refractivity contribution in [3.8, 4) is 5.75 Å². The summed E-state index contributed by atoms with van der Waals surface area (Å²) in [6.07, 6.45) is 6.51. The summed E-state index contributed by atoms with van der Waals surface area (Å²) >= 11 is 0. The Morgan fingerprint density at radius 3 is 2.47 bits per heavy atom. The van der Waals surface area contributed by atoms with Crippen molar-refractivity contribution in [2.24, 2.45) is 0 Å². The van der Waals surface area contributed by atoms with Gasteiger partial charge >= 0.3 is 0 Å². The third-order valence-electron chi connectivity index (χ3n) is 3.97. The lowest BCUT2D eigenvalue weighted by atomic mass is 9.70. The molecule has 1 aliphatic rings. The largest absolute Gasteiger partial charge is 0.508 e. The van der Waals surface area contributed by atoms with Crippen molar-refractivity contribution in [2.75, 3.05) is 20.6 Å². The number of benzene rings is 1. The number of rotatable bonds is 4. The van der Waals surface area contributed by atoms with Crippen LogP contribution in [0, 0.1) is 0 Å². The Bertz CT molecular complexity index is 439. The second-order valence-corrected chi connectivity index (χ2v) is 5.72. The number of hydrogen-bond donors (Lipinski definition) is 2. The molecule has 1 aliphatic carbocycles. The van der Waals surface area contributed by atoms with Crippen molar-refractivity contribution < 1.29 is 10.2 Å². The van der Waals surface area contributed by atoms with Gasteiger partial charge in [0.25, 0.3) is 0 Å². The minimum atomic E-state index is -0.315. The fourth-order valence-electron chi connectivity index (χ4n) is 2.69. The summed E-state index contributed by atoms with van der Waals surface area (Å²) in [7, 11) is 4.15. The van der Waals surface area contributed by atoms with Crippen molar-refractivity contribution >= 4 is 0 Å². The van der Waals surface area contributed by atoms with Gasteiger partial charge in [-0.3, -0.25) is 0 Å². The SMILES string of the molecule is CN(C)CCC1(c2ccc(O)cc2)C=CC(O)CC1. The van der Waals surface area contributed by atoms with Crippen LogP contribution >= 0.6 is 0 Å². The first kappa shape index (κ1) is 14.1. The van der Waals surface area contributed by atoms with Gasteiger partial charge in [0.2, 0.25) is 0 Å². The number of aliphatic hydroxyl groups excluding tert-OH is 1. The normalized spacial score (nSPS) is 26.8. The number of phenolic OH excluding ortho intramolecular Hbond substituents is 1. The van der Waals surface area contributed by atoms with Gasteiger partial charge in [-0.25, -0.2) is 0 Å². The molecule has 2 atom stereocenters. The molecule has 0 radical (unpaired) electrons. The standard InChI is InChI=1S/C16H23NO2/c1-17(2)12-11-16(9-7-15(19)8-10-16)13-3-5-14(18)6-4-13/h3-7,9,15,18-19H,8,10-12H2,1-2H3. The Morgan fingerprint density at radius 2 is 1.95 bits per heavy atom. The van der Waals surface area contributed by atoms with Crippen LogP contribution in [-0.2, 0) is 5.41 Å². The predicted octanol–water partition coefficient (Wildman–Crippen LogP) is 2.29. The second kappa shape index (κ2) is 5.76. The Balaban J connectivity index is 2.28. The average Bonchev–Trinajstić information content (AvgIpc) is 2.39. The molecule has 2 rings (SSSR count). The number of phenols is 1. The molecule has 1 aromatic rings. The summed E-state index contributed by atoms with van der Waals surface area (Å²) in [5, 5.41) is 19.1. The Labute approximate surface area is 115 Å². The number of hydrogen-bond acceptors (Lipinski definition) is 3. The molecule has 3 nitrogen and oxygen atoms in total. The fraction of sp³-hybridized carbons (Fsp3) is 0.500. The summed E-state index contributed by atoms with van der Waals surface area (Å²) in [4.78, 5) is 2.18. The molecule has 3 heteroatoms. The van der Waals surface area contributed by atoms with Crippen LogP contribution < -0.4 is 0 Å². The minimum absolute atomic E-state index is 0.0167. The molecule has 2 unspecified atom stereocenters. The summed E-state index contributed by atoms with van der Waals surface area (Å²) in [6, 6.07) is 7.47. The zero-order valence-electron chi connectivity index (χ0n) is 11.7. The highest BCUT2D eigenvalue weighted by molar-refractivity contribution is 5.36. The van der Waals surface area contributed by atoms with Crippen LogP contribution in [0.15, 0.2) is 36.4 Å². The fourth-order valence-corrected chi connectivity index (χ4v) is 2.69. The van der Waals surface area contributed by atoms with Crippen molar-refractivity contribution in [3.63, 3.8) is 0 Å². The zero-order chi connectivity index (χ0) is 13.9. The van der Waals surface area contributed by atoms with E-state index >= 15 is 0 Å². The highest BCUT2D eigenvalue weighted by Gasteiger charge is 2.32. The average molecular weight is 261 g/mol. The predicted molar refractivity (Wildman–Crippen MR) is 77.3 cm³/mol. The molecule has 0 saturated heterocycles. The van der Waals surface area contributed by atoms with Gasteiger partial charge in [-0.2, -0.15) is 0 Å². The molecule has 0 bridgehead atoms. The van der Waals surface area contributed by atoms with E-state index < -0.39 is 0 Å². The summed E-state index contributed by atoms with van der Waals surface area (Å²) in [5.74, 6) is 0.298. The topological polar surface area (TPSA) is 43.7 Å². The lowest BCUT2D eigenvalue weighted by Crippen LogP contribution is -2.32. The second-order valence-electron chi connectivity index (χ2n) is 5.72. The van der Waals surface area contributed by atoms with E-state index in [1.807, 2.05) is 18.2 Å². The number of allylic oxidation sites excluding steroid dienone is 1. The molecule has 0 aliphatic heterocycles. The highest BCUT2D eigenvalue weighted by Crippen LogP contribution is 2.38. The van der Waals surface area contributed by atoms with Gasteiger partial charge in [-0.1, -0.05) is 24.3 Å². The van der Waals surface area contributed by atoms with Crippen LogP contribution in [0.3, 0.4) is 0 Å². The molecule has 0 fully saturated rings. The van der Waals surface area contributed by atoms with Crippen LogP contribution in [-0.4, -0.2) is 41.9 Å². The minimum Gasteiger partial charge on any atom is -0.508 e. The molecule has 0 saturated carbocycles. The van der Waals surface area contributed by atoms with Crippen molar-refractivity contribution in [2.45, 2.75) is 30.8 Å². The van der Waals surface area contributed by atoms with E-state index in [2.05, 4.69) is 25.1 Å². The van der Waals surface area contributed by atoms with Crippen LogP contribution in [0.5, 0.6) is 5.75 Å². The lowest BCUT2D eigenvalue weighted by molar-refractivity contribution is 0.183. The monoisotopic (exact) mass is 261 g/mol. The molecule has 1 aromatic carbocycles. The molecule has 0 spiro atoms. The maximum atomic E-state index is 9.67. The van der Waals surface area contributed by atoms with Gasteiger partial charge in [0.1, 0.15) is 5.75 Å². The zero-order valence-corrected chi connectivity index (χ0v) is 11.7. The van der Waals surface area contributed by atoms with Gasteiger partial charge in [0.05, 0.1) is 6.10 Å². The number of aromatic hydroxyl groups is 1.